The minimum atomic E-state index is -0.241. The van der Waals surface area contributed by atoms with E-state index in [1.807, 2.05) is 29.8 Å². The zero-order valence-electron chi connectivity index (χ0n) is 12.5. The van der Waals surface area contributed by atoms with Crippen molar-refractivity contribution >= 4 is 21.8 Å². The number of furan rings is 1. The summed E-state index contributed by atoms with van der Waals surface area (Å²) >= 11 is 3.17. The Labute approximate surface area is 141 Å². The molecule has 0 spiro atoms. The standard InChI is InChI=1S/C16H15BrN4O2/c1-11-10-13(12-4-6-18-7-5-12)20-21(11)9-8-19-16(22)14-2-3-15(17)23-14/h2-7,10H,8-9H2,1H3,(H,19,22). The topological polar surface area (TPSA) is 73.0 Å². The van der Waals surface area contributed by atoms with Gasteiger partial charge in [-0.3, -0.25) is 14.5 Å². The van der Waals surface area contributed by atoms with Gasteiger partial charge in [0, 0.05) is 30.2 Å². The number of halogens is 1. The van der Waals surface area contributed by atoms with Gasteiger partial charge >= 0.3 is 0 Å². The third-order valence-electron chi connectivity index (χ3n) is 3.36. The van der Waals surface area contributed by atoms with E-state index in [1.54, 1.807) is 24.5 Å². The van der Waals surface area contributed by atoms with Crippen LogP contribution in [0.15, 0.2) is 51.8 Å². The van der Waals surface area contributed by atoms with Gasteiger partial charge in [0.25, 0.3) is 5.91 Å². The number of carbonyl (C=O) groups is 1. The molecule has 3 aromatic rings. The van der Waals surface area contributed by atoms with Crippen molar-refractivity contribution in [3.8, 4) is 11.3 Å². The molecule has 0 aliphatic rings. The molecular weight excluding hydrogens is 360 g/mol. The predicted molar refractivity (Wildman–Crippen MR) is 88.9 cm³/mol. The molecule has 0 fully saturated rings. The number of rotatable bonds is 5. The van der Waals surface area contributed by atoms with Gasteiger partial charge in [0.2, 0.25) is 0 Å². The molecule has 7 heteroatoms. The lowest BCUT2D eigenvalue weighted by atomic mass is 10.2. The molecule has 0 aliphatic carbocycles. The van der Waals surface area contributed by atoms with E-state index < -0.39 is 0 Å². The van der Waals surface area contributed by atoms with E-state index >= 15 is 0 Å². The molecule has 0 unspecified atom stereocenters. The molecular formula is C16H15BrN4O2. The van der Waals surface area contributed by atoms with Gasteiger partial charge in [0.05, 0.1) is 12.2 Å². The second-order valence-electron chi connectivity index (χ2n) is 4.99. The lowest BCUT2D eigenvalue weighted by Crippen LogP contribution is -2.27. The van der Waals surface area contributed by atoms with E-state index in [0.717, 1.165) is 17.0 Å². The van der Waals surface area contributed by atoms with Crippen LogP contribution in [-0.2, 0) is 6.54 Å². The highest BCUT2D eigenvalue weighted by molar-refractivity contribution is 9.10. The van der Waals surface area contributed by atoms with Crippen LogP contribution < -0.4 is 5.32 Å². The zero-order chi connectivity index (χ0) is 16.2. The van der Waals surface area contributed by atoms with Crippen LogP contribution in [0, 0.1) is 6.92 Å². The highest BCUT2D eigenvalue weighted by Gasteiger charge is 2.10. The number of hydrogen-bond acceptors (Lipinski definition) is 4. The number of carbonyl (C=O) groups excluding carboxylic acids is 1. The van der Waals surface area contributed by atoms with Crippen molar-refractivity contribution < 1.29 is 9.21 Å². The molecule has 1 amide bonds. The minimum absolute atomic E-state index is 0.241. The summed E-state index contributed by atoms with van der Waals surface area (Å²) in [6, 6.07) is 9.17. The van der Waals surface area contributed by atoms with Gasteiger partial charge in [-0.05, 0) is 53.2 Å². The van der Waals surface area contributed by atoms with Crippen molar-refractivity contribution in [3.05, 3.63) is 58.8 Å². The number of nitrogens with one attached hydrogen (secondary N) is 1. The number of aromatic nitrogens is 3. The Hall–Kier alpha value is -2.41. The SMILES string of the molecule is Cc1cc(-c2ccncc2)nn1CCNC(=O)c1ccc(Br)o1. The summed E-state index contributed by atoms with van der Waals surface area (Å²) in [6.45, 7) is 3.04. The van der Waals surface area contributed by atoms with Crippen LogP contribution in [0.5, 0.6) is 0 Å². The van der Waals surface area contributed by atoms with Crippen molar-refractivity contribution in [2.24, 2.45) is 0 Å². The number of hydrogen-bond donors (Lipinski definition) is 1. The third kappa shape index (κ3) is 3.68. The molecule has 0 radical (unpaired) electrons. The Kier molecular flexibility index (Phi) is 4.57. The van der Waals surface area contributed by atoms with E-state index in [0.29, 0.717) is 17.8 Å². The summed E-state index contributed by atoms with van der Waals surface area (Å²) in [5.41, 5.74) is 2.95. The summed E-state index contributed by atoms with van der Waals surface area (Å²) < 4.78 is 7.61. The molecule has 3 heterocycles. The highest BCUT2D eigenvalue weighted by Crippen LogP contribution is 2.17. The summed E-state index contributed by atoms with van der Waals surface area (Å²) in [7, 11) is 0. The van der Waals surface area contributed by atoms with Gasteiger partial charge in [0.1, 0.15) is 0 Å². The normalized spacial score (nSPS) is 10.7. The van der Waals surface area contributed by atoms with Crippen LogP contribution in [0.2, 0.25) is 0 Å². The molecule has 1 N–H and O–H groups in total. The summed E-state index contributed by atoms with van der Waals surface area (Å²) in [6.07, 6.45) is 3.48. The highest BCUT2D eigenvalue weighted by atomic mass is 79.9. The number of aryl methyl sites for hydroxylation is 1. The van der Waals surface area contributed by atoms with E-state index in [1.165, 1.54) is 0 Å². The Morgan fingerprint density at radius 1 is 1.30 bits per heavy atom. The summed E-state index contributed by atoms with van der Waals surface area (Å²) in [4.78, 5) is 15.9. The van der Waals surface area contributed by atoms with Crippen molar-refractivity contribution in [1.29, 1.82) is 0 Å². The monoisotopic (exact) mass is 374 g/mol. The van der Waals surface area contributed by atoms with Gasteiger partial charge in [-0.2, -0.15) is 5.10 Å². The molecule has 23 heavy (non-hydrogen) atoms. The largest absolute Gasteiger partial charge is 0.444 e. The first-order valence-electron chi connectivity index (χ1n) is 7.12. The Morgan fingerprint density at radius 3 is 2.78 bits per heavy atom. The molecule has 0 saturated heterocycles. The molecule has 3 aromatic heterocycles. The zero-order valence-corrected chi connectivity index (χ0v) is 14.1. The summed E-state index contributed by atoms with van der Waals surface area (Å²) in [5, 5.41) is 7.37. The quantitative estimate of drug-likeness (QED) is 0.744. The third-order valence-corrected chi connectivity index (χ3v) is 3.79. The molecule has 0 aromatic carbocycles. The van der Waals surface area contributed by atoms with Crippen molar-refractivity contribution in [1.82, 2.24) is 20.1 Å². The van der Waals surface area contributed by atoms with Crippen LogP contribution in [0.1, 0.15) is 16.2 Å². The van der Waals surface area contributed by atoms with Crippen molar-refractivity contribution in [2.45, 2.75) is 13.5 Å². The molecule has 118 valence electrons. The number of pyridine rings is 1. The minimum Gasteiger partial charge on any atom is -0.444 e. The fourth-order valence-electron chi connectivity index (χ4n) is 2.20. The Morgan fingerprint density at radius 2 is 2.09 bits per heavy atom. The molecule has 0 bridgehead atoms. The molecule has 6 nitrogen and oxygen atoms in total. The maximum atomic E-state index is 11.9. The predicted octanol–water partition coefficient (Wildman–Crippen LogP) is 3.04. The first-order chi connectivity index (χ1) is 11.1. The lowest BCUT2D eigenvalue weighted by Gasteiger charge is -2.05. The van der Waals surface area contributed by atoms with Gasteiger partial charge < -0.3 is 9.73 Å². The maximum Gasteiger partial charge on any atom is 0.287 e. The fraction of sp³-hybridized carbons (Fsp3) is 0.188. The molecule has 0 aliphatic heterocycles. The van der Waals surface area contributed by atoms with Gasteiger partial charge in [0.15, 0.2) is 10.4 Å². The van der Waals surface area contributed by atoms with Crippen LogP contribution in [0.3, 0.4) is 0 Å². The first kappa shape index (κ1) is 15.5. The Balaban J connectivity index is 1.61. The van der Waals surface area contributed by atoms with Crippen molar-refractivity contribution in [3.63, 3.8) is 0 Å². The van der Waals surface area contributed by atoms with Crippen molar-refractivity contribution in [2.75, 3.05) is 6.54 Å². The second kappa shape index (κ2) is 6.78. The number of nitrogens with zero attached hydrogens (tertiary/aromatic N) is 3. The fourth-order valence-corrected chi connectivity index (χ4v) is 2.51. The van der Waals surface area contributed by atoms with Gasteiger partial charge in [-0.25, -0.2) is 0 Å². The second-order valence-corrected chi connectivity index (χ2v) is 5.77. The summed E-state index contributed by atoms with van der Waals surface area (Å²) in [5.74, 6) is 0.0430. The van der Waals surface area contributed by atoms with E-state index in [2.05, 4.69) is 31.3 Å². The lowest BCUT2D eigenvalue weighted by molar-refractivity contribution is 0.0923. The maximum absolute atomic E-state index is 11.9. The first-order valence-corrected chi connectivity index (χ1v) is 7.91. The van der Waals surface area contributed by atoms with Crippen LogP contribution in [0.4, 0.5) is 0 Å². The number of amides is 1. The molecule has 0 saturated carbocycles. The average Bonchev–Trinajstić information content (AvgIpc) is 3.15. The Bertz CT molecular complexity index is 811. The smallest absolute Gasteiger partial charge is 0.287 e. The van der Waals surface area contributed by atoms with Crippen LogP contribution in [0.25, 0.3) is 11.3 Å². The average molecular weight is 375 g/mol. The molecule has 0 atom stereocenters. The van der Waals surface area contributed by atoms with E-state index in [9.17, 15) is 4.79 Å². The van der Waals surface area contributed by atoms with E-state index in [-0.39, 0.29) is 11.7 Å². The van der Waals surface area contributed by atoms with Gasteiger partial charge in [-0.1, -0.05) is 0 Å². The van der Waals surface area contributed by atoms with E-state index in [4.69, 9.17) is 4.42 Å². The van der Waals surface area contributed by atoms with Gasteiger partial charge in [-0.15, -0.1) is 0 Å². The molecule has 3 rings (SSSR count). The van der Waals surface area contributed by atoms with Crippen LogP contribution >= 0.6 is 15.9 Å². The van der Waals surface area contributed by atoms with Crippen LogP contribution in [-0.4, -0.2) is 27.2 Å².